The number of carbonyl (C=O) groups excluding carboxylic acids is 1. The number of nitriles is 1. The highest BCUT2D eigenvalue weighted by Crippen LogP contribution is 2.45. The van der Waals surface area contributed by atoms with Gasteiger partial charge in [-0.1, -0.05) is 19.9 Å². The third-order valence-corrected chi connectivity index (χ3v) is 5.77. The van der Waals surface area contributed by atoms with E-state index in [1.807, 2.05) is 32.9 Å². The van der Waals surface area contributed by atoms with Crippen LogP contribution in [0.1, 0.15) is 52.2 Å². The van der Waals surface area contributed by atoms with Crippen molar-refractivity contribution >= 4 is 16.7 Å². The average molecular weight is 390 g/mol. The topological polar surface area (TPSA) is 106 Å². The maximum absolute atomic E-state index is 13.4. The molecule has 0 fully saturated rings. The second-order valence-electron chi connectivity index (χ2n) is 7.96. The number of hydrogen-bond donors (Lipinski definition) is 3. The van der Waals surface area contributed by atoms with E-state index in [-0.39, 0.29) is 19.0 Å². The van der Waals surface area contributed by atoms with Gasteiger partial charge < -0.3 is 19.9 Å². The molecule has 3 aromatic rings. The van der Waals surface area contributed by atoms with Gasteiger partial charge in [0, 0.05) is 22.1 Å². The molecule has 3 N–H and O–H groups in total. The van der Waals surface area contributed by atoms with Crippen LogP contribution in [0.2, 0.25) is 0 Å². The van der Waals surface area contributed by atoms with Gasteiger partial charge in [0.2, 0.25) is 0 Å². The molecule has 0 saturated heterocycles. The van der Waals surface area contributed by atoms with Crippen molar-refractivity contribution in [2.45, 2.75) is 32.3 Å². The number of aliphatic hydroxyl groups is 2. The highest BCUT2D eigenvalue weighted by Gasteiger charge is 2.40. The number of ether oxygens (including phenoxy) is 1. The molecule has 0 aliphatic heterocycles. The van der Waals surface area contributed by atoms with E-state index in [2.05, 4.69) is 11.1 Å². The van der Waals surface area contributed by atoms with Crippen LogP contribution in [0, 0.1) is 18.3 Å². The molecule has 29 heavy (non-hydrogen) atoms. The molecule has 1 aliphatic rings. The summed E-state index contributed by atoms with van der Waals surface area (Å²) in [6.45, 7) is 5.55. The molecule has 6 heteroatoms. The molecule has 1 atom stereocenters. The van der Waals surface area contributed by atoms with Gasteiger partial charge in [-0.15, -0.1) is 0 Å². The summed E-state index contributed by atoms with van der Waals surface area (Å²) in [5.41, 5.74) is 4.63. The van der Waals surface area contributed by atoms with Crippen molar-refractivity contribution < 1.29 is 19.7 Å². The van der Waals surface area contributed by atoms with Gasteiger partial charge in [-0.3, -0.25) is 4.79 Å². The summed E-state index contributed by atoms with van der Waals surface area (Å²) in [4.78, 5) is 16.8. The number of hydrogen-bond acceptors (Lipinski definition) is 5. The van der Waals surface area contributed by atoms with Gasteiger partial charge in [-0.2, -0.15) is 5.26 Å². The number of rotatable bonds is 4. The SMILES string of the molecule is Cc1c(C#N)ccc2c3c([nH]c12)C(C)(C)c1cc(OC[C@H](O)CO)ccc1C3=O. The zero-order valence-electron chi connectivity index (χ0n) is 16.5. The van der Waals surface area contributed by atoms with Crippen molar-refractivity contribution in [3.05, 3.63) is 63.8 Å². The van der Waals surface area contributed by atoms with E-state index in [1.54, 1.807) is 18.2 Å². The van der Waals surface area contributed by atoms with Gasteiger partial charge in [0.25, 0.3) is 0 Å². The smallest absolute Gasteiger partial charge is 0.195 e. The van der Waals surface area contributed by atoms with Gasteiger partial charge in [-0.25, -0.2) is 0 Å². The third kappa shape index (κ3) is 2.82. The molecule has 6 nitrogen and oxygen atoms in total. The zero-order valence-corrected chi connectivity index (χ0v) is 16.5. The number of nitrogens with zero attached hydrogens (tertiary/aromatic N) is 1. The summed E-state index contributed by atoms with van der Waals surface area (Å²) in [5, 5.41) is 28.6. The van der Waals surface area contributed by atoms with E-state index in [1.165, 1.54) is 0 Å². The first-order valence-corrected chi connectivity index (χ1v) is 9.46. The number of aliphatic hydroxyl groups excluding tert-OH is 2. The maximum Gasteiger partial charge on any atom is 0.195 e. The Hall–Kier alpha value is -3.14. The minimum atomic E-state index is -0.960. The molecule has 0 spiro atoms. The van der Waals surface area contributed by atoms with Crippen molar-refractivity contribution in [2.75, 3.05) is 13.2 Å². The zero-order chi connectivity index (χ0) is 20.9. The van der Waals surface area contributed by atoms with E-state index in [0.29, 0.717) is 22.4 Å². The number of ketones is 1. The van der Waals surface area contributed by atoms with Crippen molar-refractivity contribution in [3.8, 4) is 11.8 Å². The third-order valence-electron chi connectivity index (χ3n) is 5.77. The Morgan fingerprint density at radius 2 is 2.03 bits per heavy atom. The van der Waals surface area contributed by atoms with Crippen LogP contribution < -0.4 is 4.74 Å². The van der Waals surface area contributed by atoms with Crippen molar-refractivity contribution in [1.29, 1.82) is 5.26 Å². The monoisotopic (exact) mass is 390 g/mol. The van der Waals surface area contributed by atoms with Gasteiger partial charge in [0.1, 0.15) is 18.5 Å². The Bertz CT molecular complexity index is 1180. The largest absolute Gasteiger partial charge is 0.491 e. The number of aryl methyl sites for hydroxylation is 1. The normalized spacial score (nSPS) is 15.5. The molecule has 1 aromatic heterocycles. The lowest BCUT2D eigenvalue weighted by molar-refractivity contribution is 0.0535. The first-order valence-electron chi connectivity index (χ1n) is 9.46. The number of benzene rings is 2. The predicted molar refractivity (Wildman–Crippen MR) is 108 cm³/mol. The van der Waals surface area contributed by atoms with Crippen LogP contribution in [-0.2, 0) is 5.41 Å². The van der Waals surface area contributed by atoms with Crippen molar-refractivity contribution in [1.82, 2.24) is 4.98 Å². The Morgan fingerprint density at radius 1 is 1.28 bits per heavy atom. The number of carbonyl (C=O) groups is 1. The summed E-state index contributed by atoms with van der Waals surface area (Å²) >= 11 is 0. The summed E-state index contributed by atoms with van der Waals surface area (Å²) in [7, 11) is 0. The molecule has 0 amide bonds. The summed E-state index contributed by atoms with van der Waals surface area (Å²) in [6, 6.07) is 11.1. The fraction of sp³-hybridized carbons (Fsp3) is 0.304. The Labute approximate surface area is 168 Å². The molecule has 0 bridgehead atoms. The molecule has 148 valence electrons. The lowest BCUT2D eigenvalue weighted by atomic mass is 9.71. The molecular formula is C23H22N2O4. The van der Waals surface area contributed by atoms with E-state index < -0.39 is 11.5 Å². The number of aromatic nitrogens is 1. The van der Waals surface area contributed by atoms with E-state index in [9.17, 15) is 15.2 Å². The quantitative estimate of drug-likeness (QED) is 0.635. The van der Waals surface area contributed by atoms with Crippen molar-refractivity contribution in [2.24, 2.45) is 0 Å². The highest BCUT2D eigenvalue weighted by atomic mass is 16.5. The minimum Gasteiger partial charge on any atom is -0.491 e. The minimum absolute atomic E-state index is 0.0303. The Kier molecular flexibility index (Phi) is 4.45. The summed E-state index contributed by atoms with van der Waals surface area (Å²) in [6.07, 6.45) is -0.960. The van der Waals surface area contributed by atoms with Gasteiger partial charge in [0.05, 0.1) is 29.3 Å². The molecule has 1 heterocycles. The first kappa shape index (κ1) is 19.2. The lowest BCUT2D eigenvalue weighted by Crippen LogP contribution is -2.30. The second kappa shape index (κ2) is 6.73. The molecule has 1 aliphatic carbocycles. The van der Waals surface area contributed by atoms with Crippen LogP contribution >= 0.6 is 0 Å². The molecule has 0 unspecified atom stereocenters. The first-order chi connectivity index (χ1) is 13.8. The summed E-state index contributed by atoms with van der Waals surface area (Å²) in [5.74, 6) is 0.464. The number of aromatic amines is 1. The lowest BCUT2D eigenvalue weighted by Gasteiger charge is -2.32. The van der Waals surface area contributed by atoms with Crippen LogP contribution in [0.3, 0.4) is 0 Å². The number of fused-ring (bicyclic) bond motifs is 4. The van der Waals surface area contributed by atoms with Gasteiger partial charge in [0.15, 0.2) is 5.78 Å². The van der Waals surface area contributed by atoms with E-state index in [0.717, 1.165) is 27.7 Å². The maximum atomic E-state index is 13.4. The average Bonchev–Trinajstić information content (AvgIpc) is 3.12. The van der Waals surface area contributed by atoms with E-state index >= 15 is 0 Å². The van der Waals surface area contributed by atoms with Crippen LogP contribution in [0.25, 0.3) is 10.9 Å². The Balaban J connectivity index is 1.87. The van der Waals surface area contributed by atoms with Crippen LogP contribution in [0.15, 0.2) is 30.3 Å². The highest BCUT2D eigenvalue weighted by molar-refractivity contribution is 6.20. The molecule has 4 rings (SSSR count). The van der Waals surface area contributed by atoms with Gasteiger partial charge >= 0.3 is 0 Å². The Morgan fingerprint density at radius 3 is 2.72 bits per heavy atom. The predicted octanol–water partition coefficient (Wildman–Crippen LogP) is 2.95. The van der Waals surface area contributed by atoms with Crippen molar-refractivity contribution in [3.63, 3.8) is 0 Å². The van der Waals surface area contributed by atoms with Crippen LogP contribution in [-0.4, -0.2) is 40.3 Å². The molecule has 0 radical (unpaired) electrons. The summed E-state index contributed by atoms with van der Waals surface area (Å²) < 4.78 is 5.58. The molecule has 0 saturated carbocycles. The standard InChI is InChI=1S/C23H22N2O4/c1-12-13(9-24)4-6-17-19-21(28)16-7-5-15(29-11-14(27)10-26)8-18(16)23(2,3)22(19)25-20(12)17/h4-8,14,25-27H,10-11H2,1-3H3/t14-/m1/s1. The fourth-order valence-electron chi connectivity index (χ4n) is 4.07. The number of H-pyrrole nitrogens is 1. The molecular weight excluding hydrogens is 368 g/mol. The van der Waals surface area contributed by atoms with Gasteiger partial charge in [-0.05, 0) is 42.3 Å². The fourth-order valence-corrected chi connectivity index (χ4v) is 4.07. The van der Waals surface area contributed by atoms with E-state index in [4.69, 9.17) is 9.84 Å². The van der Waals surface area contributed by atoms with Crippen LogP contribution in [0.4, 0.5) is 0 Å². The second-order valence-corrected chi connectivity index (χ2v) is 7.96. The van der Waals surface area contributed by atoms with Crippen LogP contribution in [0.5, 0.6) is 5.75 Å². The molecule has 2 aromatic carbocycles. The number of nitrogens with one attached hydrogen (secondary N) is 1.